The highest BCUT2D eigenvalue weighted by Gasteiger charge is 2.31. The summed E-state index contributed by atoms with van der Waals surface area (Å²) < 4.78 is 52.5. The summed E-state index contributed by atoms with van der Waals surface area (Å²) in [5, 5.41) is 0. The van der Waals surface area contributed by atoms with Crippen LogP contribution in [0.2, 0.25) is 0 Å². The zero-order valence-electron chi connectivity index (χ0n) is 15.3. The summed E-state index contributed by atoms with van der Waals surface area (Å²) >= 11 is 0. The molecule has 1 N–H and O–H groups in total. The minimum Gasteiger partial charge on any atom is -0.306 e. The van der Waals surface area contributed by atoms with Crippen LogP contribution < -0.4 is 5.56 Å². The van der Waals surface area contributed by atoms with Gasteiger partial charge in [0.15, 0.2) is 0 Å². The molecule has 150 valence electrons. The van der Waals surface area contributed by atoms with Crippen LogP contribution in [-0.4, -0.2) is 21.4 Å². The summed E-state index contributed by atoms with van der Waals surface area (Å²) in [6, 6.07) is 11.7. The first-order chi connectivity index (χ1) is 13.8. The third-order valence-corrected chi connectivity index (χ3v) is 4.89. The lowest BCUT2D eigenvalue weighted by molar-refractivity contribution is -0.137. The van der Waals surface area contributed by atoms with Crippen LogP contribution in [0.1, 0.15) is 22.4 Å². The predicted molar refractivity (Wildman–Crippen MR) is 99.5 cm³/mol. The van der Waals surface area contributed by atoms with Crippen molar-refractivity contribution in [3.8, 4) is 11.4 Å². The summed E-state index contributed by atoms with van der Waals surface area (Å²) in [7, 11) is 0. The van der Waals surface area contributed by atoms with Crippen molar-refractivity contribution in [2.45, 2.75) is 25.7 Å². The van der Waals surface area contributed by atoms with Gasteiger partial charge >= 0.3 is 6.18 Å². The summed E-state index contributed by atoms with van der Waals surface area (Å²) in [6.07, 6.45) is -4.18. The van der Waals surface area contributed by atoms with Gasteiger partial charge in [0.25, 0.3) is 5.56 Å². The molecular weight excluding hydrogens is 386 g/mol. The van der Waals surface area contributed by atoms with E-state index in [0.29, 0.717) is 42.7 Å². The van der Waals surface area contributed by atoms with Crippen molar-refractivity contribution in [2.75, 3.05) is 6.54 Å². The molecule has 1 aromatic heterocycles. The predicted octanol–water partition coefficient (Wildman–Crippen LogP) is 4.15. The van der Waals surface area contributed by atoms with Crippen LogP contribution in [0.3, 0.4) is 0 Å². The Balaban J connectivity index is 1.60. The second-order valence-electron chi connectivity index (χ2n) is 7.01. The van der Waals surface area contributed by atoms with Gasteiger partial charge in [0.05, 0.1) is 11.3 Å². The maximum absolute atomic E-state index is 13.7. The number of halogens is 4. The molecule has 2 aromatic carbocycles. The molecule has 4 nitrogen and oxygen atoms in total. The molecule has 0 saturated carbocycles. The average Bonchev–Trinajstić information content (AvgIpc) is 2.67. The first-order valence-corrected chi connectivity index (χ1v) is 9.06. The molecule has 0 bridgehead atoms. The largest absolute Gasteiger partial charge is 0.416 e. The van der Waals surface area contributed by atoms with Crippen LogP contribution in [0.15, 0.2) is 53.3 Å². The molecule has 0 atom stereocenters. The number of hydrogen-bond acceptors (Lipinski definition) is 3. The highest BCUT2D eigenvalue weighted by atomic mass is 19.4. The van der Waals surface area contributed by atoms with Gasteiger partial charge in [0.1, 0.15) is 11.6 Å². The molecule has 0 amide bonds. The van der Waals surface area contributed by atoms with Gasteiger partial charge in [-0.25, -0.2) is 9.37 Å². The Morgan fingerprint density at radius 1 is 1.10 bits per heavy atom. The second-order valence-corrected chi connectivity index (χ2v) is 7.01. The van der Waals surface area contributed by atoms with Crippen molar-refractivity contribution in [2.24, 2.45) is 0 Å². The van der Waals surface area contributed by atoms with Gasteiger partial charge in [0.2, 0.25) is 0 Å². The summed E-state index contributed by atoms with van der Waals surface area (Å²) in [6.45, 7) is 0.909. The molecule has 0 aliphatic carbocycles. The van der Waals surface area contributed by atoms with Gasteiger partial charge in [-0.1, -0.05) is 30.3 Å². The van der Waals surface area contributed by atoms with Crippen molar-refractivity contribution in [1.29, 1.82) is 0 Å². The number of hydrogen-bond donors (Lipinski definition) is 1. The Hall–Kier alpha value is -3.00. The topological polar surface area (TPSA) is 49.0 Å². The number of alkyl halides is 3. The van der Waals surface area contributed by atoms with E-state index in [1.54, 1.807) is 0 Å². The molecule has 4 rings (SSSR count). The molecule has 0 unspecified atom stereocenters. The van der Waals surface area contributed by atoms with E-state index < -0.39 is 17.6 Å². The maximum Gasteiger partial charge on any atom is 0.416 e. The number of rotatable bonds is 3. The summed E-state index contributed by atoms with van der Waals surface area (Å²) in [5.41, 5.74) is 0.949. The third-order valence-electron chi connectivity index (χ3n) is 4.89. The first-order valence-electron chi connectivity index (χ1n) is 9.06. The van der Waals surface area contributed by atoms with Gasteiger partial charge in [0, 0.05) is 30.8 Å². The normalized spacial score (nSPS) is 14.6. The minimum absolute atomic E-state index is 0.134. The fourth-order valence-corrected chi connectivity index (χ4v) is 3.53. The smallest absolute Gasteiger partial charge is 0.306 e. The summed E-state index contributed by atoms with van der Waals surface area (Å²) in [5.74, 6) is -0.477. The van der Waals surface area contributed by atoms with Crippen LogP contribution in [0.25, 0.3) is 11.4 Å². The number of nitrogens with zero attached hydrogens (tertiary/aromatic N) is 2. The Morgan fingerprint density at radius 3 is 2.59 bits per heavy atom. The quantitative estimate of drug-likeness (QED) is 0.669. The zero-order valence-corrected chi connectivity index (χ0v) is 15.3. The Kier molecular flexibility index (Phi) is 4.96. The van der Waals surface area contributed by atoms with Gasteiger partial charge in [-0.3, -0.25) is 9.69 Å². The molecule has 8 heteroatoms. The van der Waals surface area contributed by atoms with Crippen molar-refractivity contribution in [3.63, 3.8) is 0 Å². The fraction of sp³-hybridized carbons (Fsp3) is 0.238. The van der Waals surface area contributed by atoms with Gasteiger partial charge in [-0.2, -0.15) is 13.2 Å². The molecule has 2 heterocycles. The van der Waals surface area contributed by atoms with E-state index in [2.05, 4.69) is 9.97 Å². The molecule has 1 aliphatic heterocycles. The number of aromatic nitrogens is 2. The number of fused-ring (bicyclic) bond motifs is 1. The van der Waals surface area contributed by atoms with E-state index >= 15 is 0 Å². The first kappa shape index (κ1) is 19.3. The molecule has 29 heavy (non-hydrogen) atoms. The highest BCUT2D eigenvalue weighted by Crippen LogP contribution is 2.31. The lowest BCUT2D eigenvalue weighted by Crippen LogP contribution is -2.35. The van der Waals surface area contributed by atoms with Crippen molar-refractivity contribution >= 4 is 0 Å². The third kappa shape index (κ3) is 4.22. The maximum atomic E-state index is 13.7. The van der Waals surface area contributed by atoms with Crippen LogP contribution >= 0.6 is 0 Å². The van der Waals surface area contributed by atoms with Crippen molar-refractivity contribution in [1.82, 2.24) is 14.9 Å². The Bertz CT molecular complexity index is 1090. The fourth-order valence-electron chi connectivity index (χ4n) is 3.53. The standard InChI is InChI=1S/C21H17F4N3O/c22-16-9-13(8-15(10-16)21(23,24)25)11-28-7-6-17-18(12-28)26-19(27-20(17)29)14-4-2-1-3-5-14/h1-5,8-10H,6-7,11-12H2,(H,26,27,29). The van der Waals surface area contributed by atoms with Crippen LogP contribution in [0.5, 0.6) is 0 Å². The van der Waals surface area contributed by atoms with Crippen LogP contribution in [0.4, 0.5) is 17.6 Å². The molecule has 0 radical (unpaired) electrons. The van der Waals surface area contributed by atoms with Crippen LogP contribution in [-0.2, 0) is 25.7 Å². The highest BCUT2D eigenvalue weighted by molar-refractivity contribution is 5.54. The van der Waals surface area contributed by atoms with E-state index in [-0.39, 0.29) is 17.7 Å². The minimum atomic E-state index is -4.61. The second kappa shape index (κ2) is 7.44. The Labute approximate surface area is 163 Å². The molecule has 0 fully saturated rings. The number of nitrogens with one attached hydrogen (secondary N) is 1. The monoisotopic (exact) mass is 403 g/mol. The zero-order chi connectivity index (χ0) is 20.6. The summed E-state index contributed by atoms with van der Waals surface area (Å²) in [4.78, 5) is 21.6. The van der Waals surface area contributed by atoms with Gasteiger partial charge in [-0.05, 0) is 30.2 Å². The van der Waals surface area contributed by atoms with Crippen molar-refractivity contribution in [3.05, 3.63) is 87.1 Å². The molecule has 3 aromatic rings. The number of aromatic amines is 1. The lowest BCUT2D eigenvalue weighted by atomic mass is 10.0. The Morgan fingerprint density at radius 2 is 1.86 bits per heavy atom. The van der Waals surface area contributed by atoms with E-state index in [4.69, 9.17) is 0 Å². The van der Waals surface area contributed by atoms with E-state index in [0.717, 1.165) is 17.7 Å². The molecule has 0 saturated heterocycles. The average molecular weight is 403 g/mol. The van der Waals surface area contributed by atoms with E-state index in [9.17, 15) is 22.4 Å². The van der Waals surface area contributed by atoms with Crippen LogP contribution in [0, 0.1) is 5.82 Å². The molecular formula is C21H17F4N3O. The van der Waals surface area contributed by atoms with Gasteiger partial charge < -0.3 is 4.98 Å². The van der Waals surface area contributed by atoms with Gasteiger partial charge in [-0.15, -0.1) is 0 Å². The van der Waals surface area contributed by atoms with E-state index in [1.165, 1.54) is 0 Å². The molecule has 1 aliphatic rings. The number of H-pyrrole nitrogens is 1. The molecule has 0 spiro atoms. The van der Waals surface area contributed by atoms with Crippen molar-refractivity contribution < 1.29 is 17.6 Å². The SMILES string of the molecule is O=c1[nH]c(-c2ccccc2)nc2c1CCN(Cc1cc(F)cc(C(F)(F)F)c1)C2. The lowest BCUT2D eigenvalue weighted by Gasteiger charge is -2.28. The van der Waals surface area contributed by atoms with E-state index in [1.807, 2.05) is 35.2 Å². The number of benzene rings is 2.